The number of hydrogen-bond acceptors (Lipinski definition) is 5. The van der Waals surface area contributed by atoms with Gasteiger partial charge in [0.2, 0.25) is 0 Å². The molecule has 1 N–H and O–H groups in total. The molecule has 24 heavy (non-hydrogen) atoms. The number of para-hydroxylation sites is 2. The lowest BCUT2D eigenvalue weighted by molar-refractivity contribution is -0.130. The van der Waals surface area contributed by atoms with Gasteiger partial charge in [-0.25, -0.2) is 9.78 Å². The normalized spacial score (nSPS) is 23.5. The highest BCUT2D eigenvalue weighted by molar-refractivity contribution is 7.99. The van der Waals surface area contributed by atoms with Crippen LogP contribution in [0.15, 0.2) is 29.1 Å². The molecule has 1 atom stereocenters. The lowest BCUT2D eigenvalue weighted by Gasteiger charge is -2.19. The van der Waals surface area contributed by atoms with Crippen molar-refractivity contribution in [2.75, 3.05) is 11.5 Å². The zero-order chi connectivity index (χ0) is 16.9. The second-order valence-electron chi connectivity index (χ2n) is 6.12. The molecule has 3 amide bonds. The van der Waals surface area contributed by atoms with Gasteiger partial charge in [0.1, 0.15) is 11.2 Å². The monoisotopic (exact) mass is 344 g/mol. The number of carbonyl (C=O) groups is 2. The fraction of sp³-hybridized carbons (Fsp3) is 0.375. The minimum absolute atomic E-state index is 0.103. The summed E-state index contributed by atoms with van der Waals surface area (Å²) in [6.45, 7) is -0.103. The molecule has 2 aliphatic heterocycles. The highest BCUT2D eigenvalue weighted by Crippen LogP contribution is 2.33. The largest absolute Gasteiger partial charge is 0.325 e. The van der Waals surface area contributed by atoms with Crippen LogP contribution in [0, 0.1) is 0 Å². The van der Waals surface area contributed by atoms with Crippen molar-refractivity contribution in [2.24, 2.45) is 7.05 Å². The highest BCUT2D eigenvalue weighted by atomic mass is 32.2. The molecule has 8 heteroatoms. The summed E-state index contributed by atoms with van der Waals surface area (Å²) < 4.78 is 1.50. The first-order valence-corrected chi connectivity index (χ1v) is 8.84. The molecule has 2 aromatic rings. The molecule has 1 aromatic carbocycles. The second kappa shape index (κ2) is 5.34. The molecule has 0 unspecified atom stereocenters. The predicted molar refractivity (Wildman–Crippen MR) is 90.7 cm³/mol. The van der Waals surface area contributed by atoms with Gasteiger partial charge >= 0.3 is 6.03 Å². The number of amides is 3. The summed E-state index contributed by atoms with van der Waals surface area (Å²) in [5.41, 5.74) is 0.474. The standard InChI is InChI=1S/C16H16N4O3S/c1-19-12-5-3-2-4-10(12)17-11(13(19)21)8-20-14(22)16(18-15(20)23)6-7-24-9-16/h2-5H,6-9H2,1H3,(H,18,23)/t16-/m0/s1. The summed E-state index contributed by atoms with van der Waals surface area (Å²) in [5, 5.41) is 2.80. The average molecular weight is 344 g/mol. The van der Waals surface area contributed by atoms with Crippen molar-refractivity contribution in [3.8, 4) is 0 Å². The van der Waals surface area contributed by atoms with Crippen LogP contribution in [0.25, 0.3) is 11.0 Å². The number of nitrogens with zero attached hydrogens (tertiary/aromatic N) is 3. The maximum absolute atomic E-state index is 12.7. The van der Waals surface area contributed by atoms with E-state index in [-0.39, 0.29) is 23.7 Å². The third kappa shape index (κ3) is 2.13. The third-order valence-corrected chi connectivity index (χ3v) is 5.82. The van der Waals surface area contributed by atoms with Gasteiger partial charge in [0.05, 0.1) is 17.6 Å². The lowest BCUT2D eigenvalue weighted by Crippen LogP contribution is -2.47. The summed E-state index contributed by atoms with van der Waals surface area (Å²) >= 11 is 1.65. The molecule has 0 radical (unpaired) electrons. The Hall–Kier alpha value is -2.35. The molecule has 1 spiro atoms. The molecule has 1 aromatic heterocycles. The Bertz CT molecular complexity index is 917. The Morgan fingerprint density at radius 2 is 2.08 bits per heavy atom. The average Bonchev–Trinajstić information content (AvgIpc) is 3.13. The van der Waals surface area contributed by atoms with Crippen molar-refractivity contribution in [2.45, 2.75) is 18.5 Å². The number of aromatic nitrogens is 2. The maximum atomic E-state index is 12.7. The molecule has 2 fully saturated rings. The van der Waals surface area contributed by atoms with E-state index >= 15 is 0 Å². The van der Waals surface area contributed by atoms with Gasteiger partial charge in [-0.2, -0.15) is 11.8 Å². The van der Waals surface area contributed by atoms with Crippen LogP contribution >= 0.6 is 11.8 Å². The van der Waals surface area contributed by atoms with Crippen LogP contribution in [0.1, 0.15) is 12.1 Å². The van der Waals surface area contributed by atoms with E-state index in [1.165, 1.54) is 4.57 Å². The van der Waals surface area contributed by atoms with Crippen LogP contribution in [0.3, 0.4) is 0 Å². The zero-order valence-corrected chi connectivity index (χ0v) is 13.9. The second-order valence-corrected chi connectivity index (χ2v) is 7.22. The zero-order valence-electron chi connectivity index (χ0n) is 13.1. The van der Waals surface area contributed by atoms with E-state index in [4.69, 9.17) is 0 Å². The molecule has 4 rings (SSSR count). The van der Waals surface area contributed by atoms with Gasteiger partial charge in [0.15, 0.2) is 0 Å². The van der Waals surface area contributed by atoms with Crippen LogP contribution in [-0.4, -0.2) is 43.4 Å². The molecular formula is C16H16N4O3S. The van der Waals surface area contributed by atoms with Crippen LogP contribution in [0.5, 0.6) is 0 Å². The van der Waals surface area contributed by atoms with E-state index < -0.39 is 11.6 Å². The smallest absolute Gasteiger partial charge is 0.322 e. The van der Waals surface area contributed by atoms with Gasteiger partial charge in [-0.05, 0) is 24.3 Å². The topological polar surface area (TPSA) is 84.3 Å². The number of hydrogen-bond donors (Lipinski definition) is 1. The van der Waals surface area contributed by atoms with Crippen molar-refractivity contribution >= 4 is 34.7 Å². The minimum Gasteiger partial charge on any atom is -0.322 e. The Morgan fingerprint density at radius 3 is 2.83 bits per heavy atom. The Balaban J connectivity index is 1.72. The molecule has 124 valence electrons. The first-order valence-electron chi connectivity index (χ1n) is 7.68. The number of rotatable bonds is 2. The molecule has 3 heterocycles. The summed E-state index contributed by atoms with van der Waals surface area (Å²) in [5.74, 6) is 1.17. The predicted octanol–water partition coefficient (Wildman–Crippen LogP) is 0.861. The minimum atomic E-state index is -0.802. The summed E-state index contributed by atoms with van der Waals surface area (Å²) in [4.78, 5) is 43.0. The maximum Gasteiger partial charge on any atom is 0.325 e. The summed E-state index contributed by atoms with van der Waals surface area (Å²) in [6, 6.07) is 6.84. The first kappa shape index (κ1) is 15.2. The van der Waals surface area contributed by atoms with E-state index in [1.807, 2.05) is 18.2 Å². The number of carbonyl (C=O) groups excluding carboxylic acids is 2. The van der Waals surface area contributed by atoms with E-state index in [0.29, 0.717) is 23.2 Å². The van der Waals surface area contributed by atoms with Crippen LogP contribution in [0.4, 0.5) is 4.79 Å². The first-order chi connectivity index (χ1) is 11.5. The van der Waals surface area contributed by atoms with E-state index in [2.05, 4.69) is 10.3 Å². The van der Waals surface area contributed by atoms with Gasteiger partial charge in [-0.1, -0.05) is 12.1 Å². The van der Waals surface area contributed by atoms with Crippen molar-refractivity contribution in [3.05, 3.63) is 40.3 Å². The Morgan fingerprint density at radius 1 is 1.29 bits per heavy atom. The number of urea groups is 1. The van der Waals surface area contributed by atoms with Crippen molar-refractivity contribution in [1.29, 1.82) is 0 Å². The SMILES string of the molecule is Cn1c(=O)c(CN2C(=O)N[C@]3(CCSC3)C2=O)nc2ccccc21. The molecule has 0 bridgehead atoms. The summed E-state index contributed by atoms with van der Waals surface area (Å²) in [6.07, 6.45) is 0.627. The van der Waals surface area contributed by atoms with Crippen LogP contribution in [0.2, 0.25) is 0 Å². The number of fused-ring (bicyclic) bond motifs is 1. The number of imide groups is 1. The van der Waals surface area contributed by atoms with Gasteiger partial charge in [-0.15, -0.1) is 0 Å². The van der Waals surface area contributed by atoms with Gasteiger partial charge in [0.25, 0.3) is 11.5 Å². The van der Waals surface area contributed by atoms with Crippen molar-refractivity contribution in [3.63, 3.8) is 0 Å². The van der Waals surface area contributed by atoms with E-state index in [9.17, 15) is 14.4 Å². The van der Waals surface area contributed by atoms with Gasteiger partial charge in [-0.3, -0.25) is 14.5 Å². The molecular weight excluding hydrogens is 328 g/mol. The Labute approximate surface area is 142 Å². The molecule has 2 aliphatic rings. The molecule has 7 nitrogen and oxygen atoms in total. The number of benzene rings is 1. The number of nitrogens with one attached hydrogen (secondary N) is 1. The Kier molecular flexibility index (Phi) is 3.38. The van der Waals surface area contributed by atoms with Crippen LogP contribution in [-0.2, 0) is 18.4 Å². The van der Waals surface area contributed by atoms with Gasteiger partial charge < -0.3 is 9.88 Å². The fourth-order valence-electron chi connectivity index (χ4n) is 3.24. The van der Waals surface area contributed by atoms with Crippen LogP contribution < -0.4 is 10.9 Å². The third-order valence-electron chi connectivity index (χ3n) is 4.63. The van der Waals surface area contributed by atoms with Crippen molar-refractivity contribution < 1.29 is 9.59 Å². The molecule has 0 saturated carbocycles. The van der Waals surface area contributed by atoms with E-state index in [0.717, 1.165) is 10.7 Å². The quantitative estimate of drug-likeness (QED) is 0.817. The summed E-state index contributed by atoms with van der Waals surface area (Å²) in [7, 11) is 1.66. The number of aryl methyl sites for hydroxylation is 1. The highest BCUT2D eigenvalue weighted by Gasteiger charge is 2.53. The molecule has 2 saturated heterocycles. The number of thioether (sulfide) groups is 1. The van der Waals surface area contributed by atoms with Crippen molar-refractivity contribution in [1.82, 2.24) is 19.8 Å². The van der Waals surface area contributed by atoms with Gasteiger partial charge in [0, 0.05) is 12.8 Å². The van der Waals surface area contributed by atoms with E-state index in [1.54, 1.807) is 24.9 Å². The molecule has 0 aliphatic carbocycles. The lowest BCUT2D eigenvalue weighted by atomic mass is 9.99. The fourth-order valence-corrected chi connectivity index (χ4v) is 4.57.